The van der Waals surface area contributed by atoms with Crippen LogP contribution in [-0.2, 0) is 12.8 Å². The summed E-state index contributed by atoms with van der Waals surface area (Å²) < 4.78 is 6.09. The van der Waals surface area contributed by atoms with Crippen LogP contribution in [0.3, 0.4) is 0 Å². The fraction of sp³-hybridized carbons (Fsp3) is 0.158. The van der Waals surface area contributed by atoms with Gasteiger partial charge in [0.1, 0.15) is 11.5 Å². The van der Waals surface area contributed by atoms with Gasteiger partial charge in [0, 0.05) is 17.0 Å². The summed E-state index contributed by atoms with van der Waals surface area (Å²) in [7, 11) is 0. The Morgan fingerprint density at radius 3 is 2.33 bits per heavy atom. The van der Waals surface area contributed by atoms with E-state index in [-0.39, 0.29) is 0 Å². The molecule has 0 unspecified atom stereocenters. The van der Waals surface area contributed by atoms with E-state index in [9.17, 15) is 0 Å². The van der Waals surface area contributed by atoms with Crippen molar-refractivity contribution >= 4 is 11.6 Å². The molecule has 0 saturated carbocycles. The maximum Gasteiger partial charge on any atom is 0.137 e. The van der Waals surface area contributed by atoms with Crippen molar-refractivity contribution in [1.82, 2.24) is 0 Å². The zero-order valence-corrected chi connectivity index (χ0v) is 12.7. The Morgan fingerprint density at radius 1 is 0.952 bits per heavy atom. The van der Waals surface area contributed by atoms with Gasteiger partial charge in [0.2, 0.25) is 0 Å². The molecule has 0 amide bonds. The molecular weight excluding hydrogens is 280 g/mol. The second-order valence-corrected chi connectivity index (χ2v) is 5.53. The lowest BCUT2D eigenvalue weighted by Crippen LogP contribution is -1.83. The smallest absolute Gasteiger partial charge is 0.137 e. The molecule has 0 N–H and O–H groups in total. The summed E-state index contributed by atoms with van der Waals surface area (Å²) in [4.78, 5) is 0. The second-order valence-electron chi connectivity index (χ2n) is 5.09. The highest BCUT2D eigenvalue weighted by molar-refractivity contribution is 6.30. The molecule has 1 nitrogen and oxygen atoms in total. The number of furan rings is 1. The van der Waals surface area contributed by atoms with Crippen LogP contribution in [0.1, 0.15) is 23.8 Å². The first kappa shape index (κ1) is 14.0. The van der Waals surface area contributed by atoms with Gasteiger partial charge in [-0.15, -0.1) is 0 Å². The topological polar surface area (TPSA) is 13.1 Å². The minimum Gasteiger partial charge on any atom is -0.460 e. The van der Waals surface area contributed by atoms with Crippen molar-refractivity contribution in [3.63, 3.8) is 0 Å². The zero-order valence-electron chi connectivity index (χ0n) is 12.0. The van der Waals surface area contributed by atoms with Gasteiger partial charge in [-0.05, 0) is 47.9 Å². The molecule has 0 bridgehead atoms. The van der Waals surface area contributed by atoms with E-state index in [1.165, 1.54) is 11.1 Å². The van der Waals surface area contributed by atoms with Gasteiger partial charge >= 0.3 is 0 Å². The van der Waals surface area contributed by atoms with E-state index >= 15 is 0 Å². The number of aryl methyl sites for hydroxylation is 1. The van der Waals surface area contributed by atoms with Crippen LogP contribution in [0.25, 0.3) is 11.3 Å². The first-order chi connectivity index (χ1) is 10.3. The van der Waals surface area contributed by atoms with E-state index in [1.54, 1.807) is 0 Å². The summed E-state index contributed by atoms with van der Waals surface area (Å²) >= 11 is 5.95. The average Bonchev–Trinajstić information content (AvgIpc) is 2.92. The first-order valence-electron chi connectivity index (χ1n) is 7.17. The number of hydrogen-bond donors (Lipinski definition) is 0. The maximum absolute atomic E-state index is 6.09. The van der Waals surface area contributed by atoms with E-state index in [4.69, 9.17) is 16.0 Å². The van der Waals surface area contributed by atoms with Crippen LogP contribution in [0.15, 0.2) is 65.1 Å². The minimum atomic E-state index is 0.743. The SMILES string of the molecule is CCc1cc(Cc2ccccc2)oc1-c1ccc(Cl)cc1. The van der Waals surface area contributed by atoms with Gasteiger partial charge in [-0.25, -0.2) is 0 Å². The molecule has 1 aromatic heterocycles. The Balaban J connectivity index is 1.93. The highest BCUT2D eigenvalue weighted by atomic mass is 35.5. The van der Waals surface area contributed by atoms with Crippen molar-refractivity contribution in [2.75, 3.05) is 0 Å². The number of halogens is 1. The third-order valence-corrected chi connectivity index (χ3v) is 3.82. The van der Waals surface area contributed by atoms with Gasteiger partial charge in [-0.2, -0.15) is 0 Å². The van der Waals surface area contributed by atoms with Gasteiger partial charge < -0.3 is 4.42 Å². The van der Waals surface area contributed by atoms with Gasteiger partial charge in [-0.1, -0.05) is 48.9 Å². The fourth-order valence-corrected chi connectivity index (χ4v) is 2.60. The van der Waals surface area contributed by atoms with Gasteiger partial charge in [0.05, 0.1) is 0 Å². The molecular formula is C19H17ClO. The Bertz CT molecular complexity index is 711. The molecule has 0 spiro atoms. The molecule has 0 atom stereocenters. The van der Waals surface area contributed by atoms with Crippen molar-refractivity contribution < 1.29 is 4.42 Å². The first-order valence-corrected chi connectivity index (χ1v) is 7.55. The molecule has 0 aliphatic rings. The third-order valence-electron chi connectivity index (χ3n) is 3.57. The molecule has 106 valence electrons. The van der Waals surface area contributed by atoms with E-state index in [0.717, 1.165) is 34.9 Å². The van der Waals surface area contributed by atoms with E-state index in [1.807, 2.05) is 30.3 Å². The lowest BCUT2D eigenvalue weighted by Gasteiger charge is -2.01. The molecule has 3 rings (SSSR count). The largest absolute Gasteiger partial charge is 0.460 e. The summed E-state index contributed by atoms with van der Waals surface area (Å²) in [5, 5.41) is 0.743. The van der Waals surface area contributed by atoms with Crippen LogP contribution in [-0.4, -0.2) is 0 Å². The molecule has 0 fully saturated rings. The standard InChI is InChI=1S/C19H17ClO/c1-2-15-13-18(12-14-6-4-3-5-7-14)21-19(15)16-8-10-17(20)11-9-16/h3-11,13H,2,12H2,1H3. The Kier molecular flexibility index (Phi) is 4.12. The number of rotatable bonds is 4. The van der Waals surface area contributed by atoms with Crippen LogP contribution < -0.4 is 0 Å². The van der Waals surface area contributed by atoms with Crippen LogP contribution in [0.4, 0.5) is 0 Å². The summed E-state index contributed by atoms with van der Waals surface area (Å²) in [6.07, 6.45) is 1.78. The second kappa shape index (κ2) is 6.19. The zero-order chi connectivity index (χ0) is 14.7. The van der Waals surface area contributed by atoms with Crippen molar-refractivity contribution in [2.45, 2.75) is 19.8 Å². The molecule has 1 heterocycles. The normalized spacial score (nSPS) is 10.8. The Hall–Kier alpha value is -1.99. The van der Waals surface area contributed by atoms with Gasteiger partial charge in [0.15, 0.2) is 0 Å². The molecule has 0 aliphatic carbocycles. The van der Waals surface area contributed by atoms with Crippen molar-refractivity contribution in [3.8, 4) is 11.3 Å². The maximum atomic E-state index is 6.09. The fourth-order valence-electron chi connectivity index (χ4n) is 2.48. The average molecular weight is 297 g/mol. The Labute approximate surface area is 130 Å². The van der Waals surface area contributed by atoms with E-state index < -0.39 is 0 Å². The van der Waals surface area contributed by atoms with Crippen molar-refractivity contribution in [2.24, 2.45) is 0 Å². The molecule has 0 saturated heterocycles. The predicted molar refractivity (Wildman–Crippen MR) is 87.8 cm³/mol. The number of hydrogen-bond acceptors (Lipinski definition) is 1. The monoisotopic (exact) mass is 296 g/mol. The highest BCUT2D eigenvalue weighted by Gasteiger charge is 2.12. The summed E-state index contributed by atoms with van der Waals surface area (Å²) in [5.41, 5.74) is 3.58. The molecule has 0 radical (unpaired) electrons. The van der Waals surface area contributed by atoms with Gasteiger partial charge in [-0.3, -0.25) is 0 Å². The molecule has 3 aromatic rings. The molecule has 2 aromatic carbocycles. The molecule has 2 heteroatoms. The summed E-state index contributed by atoms with van der Waals surface area (Å²) in [6.45, 7) is 2.15. The van der Waals surface area contributed by atoms with Crippen LogP contribution in [0.5, 0.6) is 0 Å². The number of benzene rings is 2. The Morgan fingerprint density at radius 2 is 1.67 bits per heavy atom. The van der Waals surface area contributed by atoms with E-state index in [2.05, 4.69) is 37.3 Å². The quantitative estimate of drug-likeness (QED) is 0.597. The van der Waals surface area contributed by atoms with E-state index in [0.29, 0.717) is 0 Å². The van der Waals surface area contributed by atoms with Crippen molar-refractivity contribution in [3.05, 3.63) is 82.6 Å². The predicted octanol–water partition coefficient (Wildman–Crippen LogP) is 5.75. The van der Waals surface area contributed by atoms with Crippen molar-refractivity contribution in [1.29, 1.82) is 0 Å². The third kappa shape index (κ3) is 3.20. The summed E-state index contributed by atoms with van der Waals surface area (Å²) in [6, 6.07) is 20.4. The minimum absolute atomic E-state index is 0.743. The van der Waals surface area contributed by atoms with Crippen LogP contribution in [0.2, 0.25) is 5.02 Å². The lowest BCUT2D eigenvalue weighted by atomic mass is 10.1. The molecule has 0 aliphatic heterocycles. The summed E-state index contributed by atoms with van der Waals surface area (Å²) in [5.74, 6) is 1.96. The van der Waals surface area contributed by atoms with Crippen LogP contribution >= 0.6 is 11.6 Å². The van der Waals surface area contributed by atoms with Crippen LogP contribution in [0, 0.1) is 0 Å². The highest BCUT2D eigenvalue weighted by Crippen LogP contribution is 2.29. The lowest BCUT2D eigenvalue weighted by molar-refractivity contribution is 0.533. The molecule has 21 heavy (non-hydrogen) atoms. The van der Waals surface area contributed by atoms with Gasteiger partial charge in [0.25, 0.3) is 0 Å².